The summed E-state index contributed by atoms with van der Waals surface area (Å²) < 4.78 is 2.58. The molecule has 0 atom stereocenters. The summed E-state index contributed by atoms with van der Waals surface area (Å²) >= 11 is 1.86. The molecule has 5 heteroatoms. The van der Waals surface area contributed by atoms with Crippen molar-refractivity contribution in [3.05, 3.63) is 246 Å². The Bertz CT molecular complexity index is 3570. The van der Waals surface area contributed by atoms with Gasteiger partial charge in [-0.2, -0.15) is 0 Å². The van der Waals surface area contributed by atoms with E-state index in [4.69, 9.17) is 4.98 Å². The molecule has 0 fully saturated rings. The van der Waals surface area contributed by atoms with Crippen LogP contribution in [0.25, 0.3) is 87.3 Å². The molecule has 0 radical (unpaired) electrons. The zero-order valence-electron chi connectivity index (χ0n) is 41.3. The van der Waals surface area contributed by atoms with Crippen molar-refractivity contribution in [2.24, 2.45) is 0 Å². The number of hydrogen-bond acceptors (Lipinski definition) is 4. The maximum Gasteiger partial charge on any atom is 3.00 e. The fraction of sp³-hybridized carbons (Fsp3) is 0.149. The Morgan fingerprint density at radius 2 is 1.03 bits per heavy atom. The van der Waals surface area contributed by atoms with Crippen molar-refractivity contribution in [1.29, 1.82) is 0 Å². The second-order valence-electron chi connectivity index (χ2n) is 19.9. The fourth-order valence-corrected chi connectivity index (χ4v) is 10.7. The molecule has 0 amide bonds. The largest absolute Gasteiger partial charge is 3.00 e. The van der Waals surface area contributed by atoms with E-state index in [-0.39, 0.29) is 25.5 Å². The van der Waals surface area contributed by atoms with Gasteiger partial charge < -0.3 is 15.0 Å². The predicted molar refractivity (Wildman–Crippen MR) is 298 cm³/mol. The van der Waals surface area contributed by atoms with E-state index in [1.54, 1.807) is 0 Å². The summed E-state index contributed by atoms with van der Waals surface area (Å²) in [6.07, 6.45) is 9.37. The first-order chi connectivity index (χ1) is 34.6. The van der Waals surface area contributed by atoms with Crippen molar-refractivity contribution in [3.8, 4) is 67.2 Å². The van der Waals surface area contributed by atoms with Crippen molar-refractivity contribution >= 4 is 31.5 Å². The molecule has 0 bridgehead atoms. The standard InChI is InChI=1S/C67H54N3S.Ir/c1-44-14-32-62(69-42-44)50-24-20-46(21-25-50)16-18-48-36-49(19-17-47-22-26-51(27-23-47)63-33-15-45(2)43-70-63)38-54(37-48)56-10-6-7-11-57(56)58-30-29-53(64-41-55(34-35-68-64)67(3,4)5)39-61(58)52-28-31-60-59-12-8-9-13-65(59)71-66(60)40-52;/h6-15,20-24,26,28,30-43H,16-19H2,1-5H3;/q-3;+3. The first-order valence-corrected chi connectivity index (χ1v) is 25.4. The van der Waals surface area contributed by atoms with Gasteiger partial charge in [0.25, 0.3) is 0 Å². The molecule has 72 heavy (non-hydrogen) atoms. The van der Waals surface area contributed by atoms with Crippen LogP contribution in [0.2, 0.25) is 0 Å². The van der Waals surface area contributed by atoms with E-state index in [2.05, 4.69) is 233 Å². The van der Waals surface area contributed by atoms with Crippen LogP contribution in [0.4, 0.5) is 0 Å². The van der Waals surface area contributed by atoms with Crippen molar-refractivity contribution in [2.75, 3.05) is 0 Å². The molecule has 0 saturated heterocycles. The maximum absolute atomic E-state index is 4.91. The van der Waals surface area contributed by atoms with Gasteiger partial charge in [0.2, 0.25) is 0 Å². The first-order valence-electron chi connectivity index (χ1n) is 24.6. The van der Waals surface area contributed by atoms with Gasteiger partial charge in [0, 0.05) is 38.8 Å². The number of aryl methyl sites for hydroxylation is 6. The van der Waals surface area contributed by atoms with Gasteiger partial charge in [-0.05, 0) is 112 Å². The Balaban J connectivity index is 0.00000596. The number of rotatable bonds is 12. The van der Waals surface area contributed by atoms with E-state index < -0.39 is 0 Å². The molecule has 7 aromatic carbocycles. The first kappa shape index (κ1) is 48.5. The van der Waals surface area contributed by atoms with Crippen LogP contribution in [-0.2, 0) is 51.2 Å². The van der Waals surface area contributed by atoms with E-state index in [1.165, 1.54) is 70.2 Å². The van der Waals surface area contributed by atoms with Gasteiger partial charge in [0.05, 0.1) is 0 Å². The molecule has 11 aromatic rings. The number of thiophene rings is 1. The Kier molecular flexibility index (Phi) is 14.1. The minimum atomic E-state index is -0.00996. The molecular weight excluding hydrogens is 1070 g/mol. The third-order valence-corrected chi connectivity index (χ3v) is 14.8. The molecule has 3 nitrogen and oxygen atoms in total. The van der Waals surface area contributed by atoms with Gasteiger partial charge in [0.1, 0.15) is 0 Å². The molecule has 0 aliphatic carbocycles. The van der Waals surface area contributed by atoms with Crippen LogP contribution in [-0.4, -0.2) is 15.0 Å². The molecular formula is C67H54IrN3S. The van der Waals surface area contributed by atoms with Gasteiger partial charge in [-0.25, -0.2) is 0 Å². The number of benzene rings is 7. The molecule has 0 aliphatic heterocycles. The molecule has 0 spiro atoms. The molecule has 4 aromatic heterocycles. The fourth-order valence-electron chi connectivity index (χ4n) is 9.59. The molecule has 0 unspecified atom stereocenters. The summed E-state index contributed by atoms with van der Waals surface area (Å²) in [4.78, 5) is 14.2. The topological polar surface area (TPSA) is 38.7 Å². The third kappa shape index (κ3) is 10.6. The minimum absolute atomic E-state index is 0. The molecule has 0 N–H and O–H groups in total. The van der Waals surface area contributed by atoms with Crippen molar-refractivity contribution < 1.29 is 20.1 Å². The zero-order chi connectivity index (χ0) is 48.5. The molecule has 11 rings (SSSR count). The van der Waals surface area contributed by atoms with Crippen molar-refractivity contribution in [3.63, 3.8) is 0 Å². The van der Waals surface area contributed by atoms with E-state index in [0.717, 1.165) is 81.7 Å². The quantitative estimate of drug-likeness (QED) is 0.114. The Morgan fingerprint density at radius 3 is 1.64 bits per heavy atom. The molecule has 0 aliphatic rings. The van der Waals surface area contributed by atoms with Crippen LogP contribution in [0.3, 0.4) is 0 Å². The summed E-state index contributed by atoms with van der Waals surface area (Å²) in [5.74, 6) is 0. The average Bonchev–Trinajstić information content (AvgIpc) is 3.78. The summed E-state index contributed by atoms with van der Waals surface area (Å²) in [5, 5.41) is 2.59. The van der Waals surface area contributed by atoms with Crippen LogP contribution in [0, 0.1) is 32.0 Å². The minimum Gasteiger partial charge on any atom is -0.305 e. The van der Waals surface area contributed by atoms with Crippen LogP contribution < -0.4 is 0 Å². The average molecular weight is 1130 g/mol. The predicted octanol–water partition coefficient (Wildman–Crippen LogP) is 17.1. The Morgan fingerprint density at radius 1 is 0.431 bits per heavy atom. The van der Waals surface area contributed by atoms with E-state index in [9.17, 15) is 0 Å². The van der Waals surface area contributed by atoms with Crippen LogP contribution in [0.5, 0.6) is 0 Å². The normalized spacial score (nSPS) is 11.5. The zero-order valence-corrected chi connectivity index (χ0v) is 44.5. The summed E-state index contributed by atoms with van der Waals surface area (Å²) in [7, 11) is 0. The second-order valence-corrected chi connectivity index (χ2v) is 21.0. The summed E-state index contributed by atoms with van der Waals surface area (Å²) in [6.45, 7) is 10.9. The number of aromatic nitrogens is 3. The van der Waals surface area contributed by atoms with Gasteiger partial charge in [0.15, 0.2) is 0 Å². The van der Waals surface area contributed by atoms with Crippen LogP contribution in [0.15, 0.2) is 188 Å². The van der Waals surface area contributed by atoms with Crippen LogP contribution >= 0.6 is 11.3 Å². The van der Waals surface area contributed by atoms with E-state index in [1.807, 2.05) is 29.9 Å². The van der Waals surface area contributed by atoms with Gasteiger partial charge in [-0.15, -0.1) is 106 Å². The van der Waals surface area contributed by atoms with Crippen molar-refractivity contribution in [2.45, 2.75) is 65.7 Å². The van der Waals surface area contributed by atoms with Gasteiger partial charge >= 0.3 is 20.1 Å². The van der Waals surface area contributed by atoms with Crippen LogP contribution in [0.1, 0.15) is 59.7 Å². The molecule has 352 valence electrons. The number of pyridine rings is 3. The maximum atomic E-state index is 4.91. The Labute approximate surface area is 442 Å². The summed E-state index contributed by atoms with van der Waals surface area (Å²) in [5.41, 5.74) is 21.5. The third-order valence-electron chi connectivity index (χ3n) is 13.7. The van der Waals surface area contributed by atoms with E-state index in [0.29, 0.717) is 0 Å². The molecule has 4 heterocycles. The SMILES string of the molecule is Cc1ccc(-c2[c-]cc(CCc3cc(CCc4c[c-]c(-c5ccc(C)cn5)cc4)cc(-c4ccccc4-c4c[c-]c(-c5cc(C(C)(C)C)ccn5)cc4-c4ccc5c(c4)sc4ccccc45)c3)cc2)nc1.[Ir+3]. The number of hydrogen-bond donors (Lipinski definition) is 0. The summed E-state index contributed by atoms with van der Waals surface area (Å²) in [6, 6.07) is 72.9. The van der Waals surface area contributed by atoms with Gasteiger partial charge in [-0.3, -0.25) is 0 Å². The smallest absolute Gasteiger partial charge is 0.305 e. The monoisotopic (exact) mass is 1130 g/mol. The Hall–Kier alpha value is -7.14. The number of nitrogens with zero attached hydrogens (tertiary/aromatic N) is 3. The van der Waals surface area contributed by atoms with Gasteiger partial charge in [-0.1, -0.05) is 153 Å². The molecule has 0 saturated carbocycles. The van der Waals surface area contributed by atoms with E-state index >= 15 is 0 Å². The second kappa shape index (κ2) is 20.9. The number of fused-ring (bicyclic) bond motifs is 3. The van der Waals surface area contributed by atoms with Crippen molar-refractivity contribution in [1.82, 2.24) is 15.0 Å².